The molecule has 6 heteroatoms. The monoisotopic (exact) mass is 229 g/mol. The molecule has 1 fully saturated rings. The molecule has 0 aromatic heterocycles. The summed E-state index contributed by atoms with van der Waals surface area (Å²) < 4.78 is 26.3. The van der Waals surface area contributed by atoms with Crippen molar-refractivity contribution in [3.63, 3.8) is 0 Å². The average molecular weight is 230 g/mol. The van der Waals surface area contributed by atoms with Crippen molar-refractivity contribution >= 4 is 18.4 Å². The first-order chi connectivity index (χ1) is 6.02. The average Bonchev–Trinajstić information content (AvgIpc) is 2.04. The van der Waals surface area contributed by atoms with Crippen LogP contribution in [-0.2, 0) is 4.79 Å². The standard InChI is InChI=1S/C8H13F2NO2.ClH/c9-8(10,5-7(12)13)6-1-3-11-4-2-6;/h6,11H,1-5H2,(H,12,13);1H. The van der Waals surface area contributed by atoms with Crippen molar-refractivity contribution in [3.8, 4) is 0 Å². The van der Waals surface area contributed by atoms with Gasteiger partial charge in [-0.1, -0.05) is 0 Å². The van der Waals surface area contributed by atoms with Gasteiger partial charge in [-0.05, 0) is 25.9 Å². The van der Waals surface area contributed by atoms with E-state index in [2.05, 4.69) is 5.32 Å². The Labute approximate surface area is 87.3 Å². The lowest BCUT2D eigenvalue weighted by Crippen LogP contribution is -2.39. The van der Waals surface area contributed by atoms with Crippen molar-refractivity contribution in [3.05, 3.63) is 0 Å². The van der Waals surface area contributed by atoms with Crippen molar-refractivity contribution in [1.82, 2.24) is 5.32 Å². The van der Waals surface area contributed by atoms with Gasteiger partial charge >= 0.3 is 5.97 Å². The minimum atomic E-state index is -3.05. The van der Waals surface area contributed by atoms with Crippen LogP contribution >= 0.6 is 12.4 Å². The first-order valence-electron chi connectivity index (χ1n) is 4.33. The molecule has 2 N–H and O–H groups in total. The highest BCUT2D eigenvalue weighted by Crippen LogP contribution is 2.34. The van der Waals surface area contributed by atoms with Crippen LogP contribution in [-0.4, -0.2) is 30.1 Å². The van der Waals surface area contributed by atoms with Crippen LogP contribution in [0.15, 0.2) is 0 Å². The highest BCUT2D eigenvalue weighted by molar-refractivity contribution is 5.85. The van der Waals surface area contributed by atoms with Gasteiger partial charge in [-0.15, -0.1) is 12.4 Å². The van der Waals surface area contributed by atoms with E-state index in [-0.39, 0.29) is 12.4 Å². The van der Waals surface area contributed by atoms with Crippen molar-refractivity contribution in [2.45, 2.75) is 25.2 Å². The fraction of sp³-hybridized carbons (Fsp3) is 0.875. The van der Waals surface area contributed by atoms with Crippen molar-refractivity contribution < 1.29 is 18.7 Å². The Morgan fingerprint density at radius 2 is 1.93 bits per heavy atom. The van der Waals surface area contributed by atoms with Gasteiger partial charge in [-0.3, -0.25) is 4.79 Å². The van der Waals surface area contributed by atoms with Gasteiger partial charge in [-0.25, -0.2) is 8.78 Å². The van der Waals surface area contributed by atoms with E-state index in [1.165, 1.54) is 0 Å². The molecule has 14 heavy (non-hydrogen) atoms. The molecule has 84 valence electrons. The van der Waals surface area contributed by atoms with Gasteiger partial charge in [-0.2, -0.15) is 0 Å². The van der Waals surface area contributed by atoms with E-state index in [1.54, 1.807) is 0 Å². The number of hydrogen-bond donors (Lipinski definition) is 2. The minimum Gasteiger partial charge on any atom is -0.481 e. The second kappa shape index (κ2) is 5.46. The van der Waals surface area contributed by atoms with Crippen molar-refractivity contribution in [2.24, 2.45) is 5.92 Å². The molecule has 0 amide bonds. The highest BCUT2D eigenvalue weighted by Gasteiger charge is 2.41. The van der Waals surface area contributed by atoms with E-state index < -0.39 is 24.2 Å². The molecule has 0 aliphatic carbocycles. The van der Waals surface area contributed by atoms with Crippen molar-refractivity contribution in [2.75, 3.05) is 13.1 Å². The molecule has 0 saturated carbocycles. The van der Waals surface area contributed by atoms with E-state index in [0.717, 1.165) is 0 Å². The molecule has 1 aliphatic heterocycles. The Kier molecular flexibility index (Phi) is 5.29. The maximum absolute atomic E-state index is 13.2. The van der Waals surface area contributed by atoms with Crippen LogP contribution in [0.2, 0.25) is 0 Å². The van der Waals surface area contributed by atoms with E-state index in [4.69, 9.17) is 5.11 Å². The summed E-state index contributed by atoms with van der Waals surface area (Å²) in [5, 5.41) is 11.2. The molecule has 0 bridgehead atoms. The number of carboxylic acid groups (broad SMARTS) is 1. The maximum Gasteiger partial charge on any atom is 0.309 e. The molecular weight excluding hydrogens is 216 g/mol. The summed E-state index contributed by atoms with van der Waals surface area (Å²) in [6.07, 6.45) is -0.321. The Hall–Kier alpha value is -0.420. The number of piperidine rings is 1. The van der Waals surface area contributed by atoms with Crippen molar-refractivity contribution in [1.29, 1.82) is 0 Å². The highest BCUT2D eigenvalue weighted by atomic mass is 35.5. The van der Waals surface area contributed by atoms with E-state index >= 15 is 0 Å². The van der Waals surface area contributed by atoms with Gasteiger partial charge in [0.1, 0.15) is 6.42 Å². The molecule has 1 rings (SSSR count). The number of carbonyl (C=O) groups is 1. The quantitative estimate of drug-likeness (QED) is 0.772. The molecular formula is C8H14ClF2NO2. The van der Waals surface area contributed by atoms with Crippen LogP contribution in [0.3, 0.4) is 0 Å². The number of hydrogen-bond acceptors (Lipinski definition) is 2. The number of rotatable bonds is 3. The molecule has 3 nitrogen and oxygen atoms in total. The Balaban J connectivity index is 0.00000169. The molecule has 0 aromatic rings. The van der Waals surface area contributed by atoms with Crippen LogP contribution in [0.4, 0.5) is 8.78 Å². The second-order valence-electron chi connectivity index (χ2n) is 3.36. The van der Waals surface area contributed by atoms with Gasteiger partial charge in [0.2, 0.25) is 0 Å². The summed E-state index contributed by atoms with van der Waals surface area (Å²) >= 11 is 0. The third-order valence-electron chi connectivity index (χ3n) is 2.32. The summed E-state index contributed by atoms with van der Waals surface area (Å²) in [6.45, 7) is 1.11. The lowest BCUT2D eigenvalue weighted by molar-refractivity contribution is -0.150. The van der Waals surface area contributed by atoms with Crippen LogP contribution in [0.1, 0.15) is 19.3 Å². The Morgan fingerprint density at radius 3 is 2.36 bits per heavy atom. The Bertz CT molecular complexity index is 196. The van der Waals surface area contributed by atoms with E-state index in [1.807, 2.05) is 0 Å². The smallest absolute Gasteiger partial charge is 0.309 e. The lowest BCUT2D eigenvalue weighted by Gasteiger charge is -2.29. The molecule has 0 spiro atoms. The molecule has 0 unspecified atom stereocenters. The zero-order valence-electron chi connectivity index (χ0n) is 7.63. The van der Waals surface area contributed by atoms with Gasteiger partial charge in [0.15, 0.2) is 0 Å². The molecule has 0 atom stereocenters. The third-order valence-corrected chi connectivity index (χ3v) is 2.32. The van der Waals surface area contributed by atoms with Gasteiger partial charge in [0.25, 0.3) is 5.92 Å². The number of nitrogens with one attached hydrogen (secondary N) is 1. The molecule has 1 saturated heterocycles. The topological polar surface area (TPSA) is 49.3 Å². The second-order valence-corrected chi connectivity index (χ2v) is 3.36. The molecule has 1 aliphatic rings. The summed E-state index contributed by atoms with van der Waals surface area (Å²) in [4.78, 5) is 10.2. The summed E-state index contributed by atoms with van der Waals surface area (Å²) in [6, 6.07) is 0. The van der Waals surface area contributed by atoms with Crippen LogP contribution in [0, 0.1) is 5.92 Å². The van der Waals surface area contributed by atoms with E-state index in [0.29, 0.717) is 25.9 Å². The third kappa shape index (κ3) is 3.75. The van der Waals surface area contributed by atoms with Crippen LogP contribution < -0.4 is 5.32 Å². The number of halogens is 3. The first kappa shape index (κ1) is 13.6. The zero-order valence-corrected chi connectivity index (χ0v) is 8.45. The van der Waals surface area contributed by atoms with Gasteiger partial charge in [0, 0.05) is 5.92 Å². The maximum atomic E-state index is 13.2. The summed E-state index contributed by atoms with van der Waals surface area (Å²) in [5.74, 6) is -5.25. The SMILES string of the molecule is Cl.O=C(O)CC(F)(F)C1CCNCC1. The largest absolute Gasteiger partial charge is 0.481 e. The van der Waals surface area contributed by atoms with Crippen LogP contribution in [0.5, 0.6) is 0 Å². The normalized spacial score (nSPS) is 18.7. The Morgan fingerprint density at radius 1 is 1.43 bits per heavy atom. The fourth-order valence-electron chi connectivity index (χ4n) is 1.59. The van der Waals surface area contributed by atoms with E-state index in [9.17, 15) is 13.6 Å². The first-order valence-corrected chi connectivity index (χ1v) is 4.33. The fourth-order valence-corrected chi connectivity index (χ4v) is 1.59. The lowest BCUT2D eigenvalue weighted by atomic mass is 9.89. The predicted octanol–water partition coefficient (Wildman–Crippen LogP) is 1.52. The summed E-state index contributed by atoms with van der Waals surface area (Å²) in [5.41, 5.74) is 0. The minimum absolute atomic E-state index is 0. The van der Waals surface area contributed by atoms with Gasteiger partial charge < -0.3 is 10.4 Å². The predicted molar refractivity (Wildman–Crippen MR) is 50.0 cm³/mol. The zero-order chi connectivity index (χ0) is 9.90. The molecule has 0 aromatic carbocycles. The molecule has 1 heterocycles. The van der Waals surface area contributed by atoms with Gasteiger partial charge in [0.05, 0.1) is 0 Å². The molecule has 0 radical (unpaired) electrons. The summed E-state index contributed by atoms with van der Waals surface area (Å²) in [7, 11) is 0. The van der Waals surface area contributed by atoms with Crippen LogP contribution in [0.25, 0.3) is 0 Å². The number of aliphatic carboxylic acids is 1. The number of carboxylic acids is 1. The number of alkyl halides is 2.